The van der Waals surface area contributed by atoms with Gasteiger partial charge in [-0.1, -0.05) is 29.3 Å². The monoisotopic (exact) mass is 538 g/mol. The Kier molecular flexibility index (Phi) is 6.48. The first-order valence-electron chi connectivity index (χ1n) is 10.6. The number of hydrogen-bond donors (Lipinski definition) is 1. The van der Waals surface area contributed by atoms with Crippen LogP contribution < -0.4 is 10.5 Å². The van der Waals surface area contributed by atoms with Crippen molar-refractivity contribution >= 4 is 29.0 Å². The molecule has 0 aliphatic rings. The third-order valence-electron chi connectivity index (χ3n) is 5.27. The highest BCUT2D eigenvalue weighted by atomic mass is 35.5. The standard InChI is InChI=1S/C25H14Cl2F2N6O2/c26-15-7-13(11-30)8-18(10-15)36-23-20(27)6-1-14(22(23)29)9-21-33-34-25(37-21)19-12-32-35(24(19)31)17-4-2-16(28)3-5-17/h1-8,10,12H,9,31H2. The van der Waals surface area contributed by atoms with Gasteiger partial charge in [-0.2, -0.15) is 10.4 Å². The zero-order valence-corrected chi connectivity index (χ0v) is 20.1. The summed E-state index contributed by atoms with van der Waals surface area (Å²) in [6.45, 7) is 0. The zero-order chi connectivity index (χ0) is 26.1. The van der Waals surface area contributed by atoms with E-state index in [9.17, 15) is 4.39 Å². The molecule has 8 nitrogen and oxygen atoms in total. The van der Waals surface area contributed by atoms with E-state index in [0.717, 1.165) is 0 Å². The molecule has 2 N–H and O–H groups in total. The molecule has 3 aromatic carbocycles. The molecule has 0 atom stereocenters. The molecule has 0 unspecified atom stereocenters. The van der Waals surface area contributed by atoms with Gasteiger partial charge in [-0.05, 0) is 48.5 Å². The molecule has 0 saturated heterocycles. The van der Waals surface area contributed by atoms with Crippen molar-refractivity contribution in [1.82, 2.24) is 20.0 Å². The summed E-state index contributed by atoms with van der Waals surface area (Å²) in [5.41, 5.74) is 7.51. The Morgan fingerprint density at radius 2 is 1.84 bits per heavy atom. The van der Waals surface area contributed by atoms with Crippen molar-refractivity contribution in [1.29, 1.82) is 5.26 Å². The molecule has 184 valence electrons. The van der Waals surface area contributed by atoms with Gasteiger partial charge in [0.2, 0.25) is 5.89 Å². The molecule has 2 aromatic heterocycles. The van der Waals surface area contributed by atoms with Gasteiger partial charge in [-0.3, -0.25) is 0 Å². The molecule has 0 aliphatic heterocycles. The number of rotatable bonds is 6. The summed E-state index contributed by atoms with van der Waals surface area (Å²) < 4.78 is 41.3. The van der Waals surface area contributed by atoms with Crippen LogP contribution in [0.15, 0.2) is 65.2 Å². The van der Waals surface area contributed by atoms with E-state index in [2.05, 4.69) is 15.3 Å². The van der Waals surface area contributed by atoms with E-state index in [0.29, 0.717) is 11.3 Å². The molecule has 0 aliphatic carbocycles. The largest absolute Gasteiger partial charge is 0.453 e. The summed E-state index contributed by atoms with van der Waals surface area (Å²) in [5.74, 6) is -0.840. The topological polar surface area (TPSA) is 116 Å². The van der Waals surface area contributed by atoms with E-state index in [4.69, 9.17) is 43.4 Å². The summed E-state index contributed by atoms with van der Waals surface area (Å²) in [5, 5.41) is 21.6. The quantitative estimate of drug-likeness (QED) is 0.268. The van der Waals surface area contributed by atoms with Gasteiger partial charge < -0.3 is 14.9 Å². The lowest BCUT2D eigenvalue weighted by atomic mass is 10.1. The van der Waals surface area contributed by atoms with E-state index < -0.39 is 11.6 Å². The number of aromatic nitrogens is 4. The maximum absolute atomic E-state index is 15.3. The van der Waals surface area contributed by atoms with Crippen LogP contribution in [0.4, 0.5) is 14.6 Å². The third kappa shape index (κ3) is 4.95. The van der Waals surface area contributed by atoms with Crippen molar-refractivity contribution in [2.75, 3.05) is 5.73 Å². The zero-order valence-electron chi connectivity index (χ0n) is 18.6. The van der Waals surface area contributed by atoms with Gasteiger partial charge in [0, 0.05) is 10.6 Å². The van der Waals surface area contributed by atoms with Crippen LogP contribution >= 0.6 is 23.2 Å². The van der Waals surface area contributed by atoms with Crippen LogP contribution in [0.5, 0.6) is 11.5 Å². The van der Waals surface area contributed by atoms with E-state index in [1.54, 1.807) is 0 Å². The number of halogens is 4. The van der Waals surface area contributed by atoms with E-state index in [1.807, 2.05) is 6.07 Å². The maximum Gasteiger partial charge on any atom is 0.253 e. The fourth-order valence-electron chi connectivity index (χ4n) is 3.51. The molecule has 0 amide bonds. The summed E-state index contributed by atoms with van der Waals surface area (Å²) in [6, 6.07) is 14.8. The fourth-order valence-corrected chi connectivity index (χ4v) is 3.92. The Bertz CT molecular complexity index is 1660. The average Bonchev–Trinajstić information content (AvgIpc) is 3.50. The molecule has 2 heterocycles. The molecule has 0 fully saturated rings. The molecular weight excluding hydrogens is 525 g/mol. The van der Waals surface area contributed by atoms with Crippen molar-refractivity contribution in [2.24, 2.45) is 0 Å². The minimum Gasteiger partial charge on any atom is -0.453 e. The van der Waals surface area contributed by atoms with E-state index in [-0.39, 0.29) is 56.7 Å². The Morgan fingerprint density at radius 3 is 2.59 bits per heavy atom. The maximum atomic E-state index is 15.3. The number of nitriles is 1. The smallest absolute Gasteiger partial charge is 0.253 e. The molecule has 37 heavy (non-hydrogen) atoms. The van der Waals surface area contributed by atoms with Gasteiger partial charge in [0.05, 0.1) is 35.0 Å². The lowest BCUT2D eigenvalue weighted by Crippen LogP contribution is -2.02. The van der Waals surface area contributed by atoms with E-state index >= 15 is 4.39 Å². The average molecular weight is 539 g/mol. The number of nitrogens with zero attached hydrogens (tertiary/aromatic N) is 5. The van der Waals surface area contributed by atoms with Crippen LogP contribution in [-0.2, 0) is 6.42 Å². The van der Waals surface area contributed by atoms with Crippen LogP contribution in [0.1, 0.15) is 17.0 Å². The molecule has 0 radical (unpaired) electrons. The minimum absolute atomic E-state index is 0.0203. The lowest BCUT2D eigenvalue weighted by Gasteiger charge is -2.11. The summed E-state index contributed by atoms with van der Waals surface area (Å²) in [7, 11) is 0. The summed E-state index contributed by atoms with van der Waals surface area (Å²) in [4.78, 5) is 0. The first-order chi connectivity index (χ1) is 17.8. The van der Waals surface area contributed by atoms with Crippen LogP contribution in [0.3, 0.4) is 0 Å². The second kappa shape index (κ2) is 9.89. The molecule has 0 bridgehead atoms. The Morgan fingerprint density at radius 1 is 1.05 bits per heavy atom. The molecular formula is C25H14Cl2F2N6O2. The molecule has 12 heteroatoms. The minimum atomic E-state index is -0.741. The van der Waals surface area contributed by atoms with Crippen LogP contribution in [-0.4, -0.2) is 20.0 Å². The van der Waals surface area contributed by atoms with Gasteiger partial charge in [0.25, 0.3) is 5.89 Å². The highest BCUT2D eigenvalue weighted by molar-refractivity contribution is 6.32. The molecule has 5 aromatic rings. The van der Waals surface area contributed by atoms with Crippen molar-refractivity contribution in [3.63, 3.8) is 0 Å². The SMILES string of the molecule is N#Cc1cc(Cl)cc(Oc2c(Cl)ccc(Cc3nnc(-c4cnn(-c5ccc(F)cc5)c4N)o3)c2F)c1. The van der Waals surface area contributed by atoms with Crippen LogP contribution in [0.2, 0.25) is 10.0 Å². The van der Waals surface area contributed by atoms with Gasteiger partial charge in [0.1, 0.15) is 22.9 Å². The molecule has 0 saturated carbocycles. The normalized spacial score (nSPS) is 10.9. The van der Waals surface area contributed by atoms with Crippen LogP contribution in [0.25, 0.3) is 17.1 Å². The Labute approximate surface area is 218 Å². The molecule has 0 spiro atoms. The first kappa shape index (κ1) is 24.2. The van der Waals surface area contributed by atoms with Crippen molar-refractivity contribution in [3.05, 3.63) is 99.5 Å². The number of hydrogen-bond acceptors (Lipinski definition) is 7. The van der Waals surface area contributed by atoms with Gasteiger partial charge in [-0.25, -0.2) is 13.5 Å². The van der Waals surface area contributed by atoms with Gasteiger partial charge in [-0.15, -0.1) is 10.2 Å². The van der Waals surface area contributed by atoms with Crippen LogP contribution in [0, 0.1) is 23.0 Å². The highest BCUT2D eigenvalue weighted by Gasteiger charge is 2.20. The predicted octanol–water partition coefficient (Wildman–Crippen LogP) is 6.34. The second-order valence-corrected chi connectivity index (χ2v) is 8.59. The Hall–Kier alpha value is -4.46. The second-order valence-electron chi connectivity index (χ2n) is 7.75. The van der Waals surface area contributed by atoms with Gasteiger partial charge in [0.15, 0.2) is 11.6 Å². The number of nitrogens with two attached hydrogens (primary N) is 1. The van der Waals surface area contributed by atoms with Crippen molar-refractivity contribution in [3.8, 4) is 34.7 Å². The highest BCUT2D eigenvalue weighted by Crippen LogP contribution is 2.36. The summed E-state index contributed by atoms with van der Waals surface area (Å²) >= 11 is 12.2. The number of benzene rings is 3. The third-order valence-corrected chi connectivity index (χ3v) is 5.78. The predicted molar refractivity (Wildman–Crippen MR) is 132 cm³/mol. The van der Waals surface area contributed by atoms with Crippen molar-refractivity contribution in [2.45, 2.75) is 6.42 Å². The lowest BCUT2D eigenvalue weighted by molar-refractivity contribution is 0.437. The van der Waals surface area contributed by atoms with Gasteiger partial charge >= 0.3 is 0 Å². The van der Waals surface area contributed by atoms with E-state index in [1.165, 1.54) is 65.5 Å². The number of anilines is 1. The van der Waals surface area contributed by atoms with Crippen molar-refractivity contribution < 1.29 is 17.9 Å². The molecule has 5 rings (SSSR count). The fraction of sp³-hybridized carbons (Fsp3) is 0.0400. The summed E-state index contributed by atoms with van der Waals surface area (Å²) in [6.07, 6.45) is 1.36. The number of ether oxygens (including phenoxy) is 1. The number of nitrogen functional groups attached to an aromatic ring is 1. The Balaban J connectivity index is 1.40. The first-order valence-corrected chi connectivity index (χ1v) is 11.4.